The third kappa shape index (κ3) is 5.14. The molecule has 1 aromatic carbocycles. The van der Waals surface area contributed by atoms with Crippen LogP contribution in [0, 0.1) is 0 Å². The predicted molar refractivity (Wildman–Crippen MR) is 84.1 cm³/mol. The number of aromatic hydroxyl groups is 1. The molecule has 1 aliphatic heterocycles. The summed E-state index contributed by atoms with van der Waals surface area (Å²) in [4.78, 5) is 0. The van der Waals surface area contributed by atoms with Crippen molar-refractivity contribution in [3.05, 3.63) is 29.8 Å². The first-order valence-electron chi connectivity index (χ1n) is 7.91. The Morgan fingerprint density at radius 1 is 1.25 bits per heavy atom. The standard InChI is InChI=1S/C17H28N2O/c1-13(5-6-15-7-9-17(20)10-8-15)19-14(2)12-16-4-3-11-18-16/h7-10,13-14,16,18-20H,3-6,11-12H2,1-2H3. The summed E-state index contributed by atoms with van der Waals surface area (Å²) in [5.74, 6) is 0.345. The number of benzene rings is 1. The molecule has 0 aliphatic carbocycles. The molecule has 3 N–H and O–H groups in total. The van der Waals surface area contributed by atoms with Crippen molar-refractivity contribution in [1.29, 1.82) is 0 Å². The zero-order valence-electron chi connectivity index (χ0n) is 12.7. The van der Waals surface area contributed by atoms with Crippen LogP contribution in [0.4, 0.5) is 0 Å². The highest BCUT2D eigenvalue weighted by Crippen LogP contribution is 2.14. The number of aryl methyl sites for hydroxylation is 1. The zero-order chi connectivity index (χ0) is 14.4. The lowest BCUT2D eigenvalue weighted by Gasteiger charge is -2.22. The number of rotatable bonds is 7. The number of hydrogen-bond acceptors (Lipinski definition) is 3. The topological polar surface area (TPSA) is 44.3 Å². The van der Waals surface area contributed by atoms with Crippen molar-refractivity contribution in [3.8, 4) is 5.75 Å². The van der Waals surface area contributed by atoms with Gasteiger partial charge < -0.3 is 15.7 Å². The first-order valence-corrected chi connectivity index (χ1v) is 7.91. The van der Waals surface area contributed by atoms with E-state index < -0.39 is 0 Å². The summed E-state index contributed by atoms with van der Waals surface area (Å²) in [6.45, 7) is 5.74. The second kappa shape index (κ2) is 7.65. The molecule has 3 atom stereocenters. The largest absolute Gasteiger partial charge is 0.508 e. The second-order valence-corrected chi connectivity index (χ2v) is 6.20. The van der Waals surface area contributed by atoms with E-state index >= 15 is 0 Å². The van der Waals surface area contributed by atoms with E-state index in [1.54, 1.807) is 12.1 Å². The Morgan fingerprint density at radius 2 is 2.00 bits per heavy atom. The van der Waals surface area contributed by atoms with Crippen molar-refractivity contribution in [2.75, 3.05) is 6.54 Å². The lowest BCUT2D eigenvalue weighted by atomic mass is 10.0. The fourth-order valence-electron chi connectivity index (χ4n) is 3.07. The molecule has 3 heteroatoms. The highest BCUT2D eigenvalue weighted by atomic mass is 16.3. The third-order valence-electron chi connectivity index (χ3n) is 4.17. The maximum Gasteiger partial charge on any atom is 0.115 e. The molecule has 0 saturated carbocycles. The van der Waals surface area contributed by atoms with Gasteiger partial charge in [0, 0.05) is 18.1 Å². The van der Waals surface area contributed by atoms with Crippen LogP contribution >= 0.6 is 0 Å². The van der Waals surface area contributed by atoms with Gasteiger partial charge in [-0.25, -0.2) is 0 Å². The van der Waals surface area contributed by atoms with E-state index in [-0.39, 0.29) is 0 Å². The molecule has 1 aromatic rings. The SMILES string of the molecule is CC(CCc1ccc(O)cc1)NC(C)CC1CCCN1. The van der Waals surface area contributed by atoms with Crippen LogP contribution in [0.3, 0.4) is 0 Å². The molecule has 1 aliphatic rings. The van der Waals surface area contributed by atoms with Gasteiger partial charge in [0.2, 0.25) is 0 Å². The first-order chi connectivity index (χ1) is 9.63. The molecule has 2 rings (SSSR count). The second-order valence-electron chi connectivity index (χ2n) is 6.20. The Kier molecular flexibility index (Phi) is 5.86. The molecule has 0 amide bonds. The molecule has 3 unspecified atom stereocenters. The van der Waals surface area contributed by atoms with E-state index in [1.165, 1.54) is 31.4 Å². The molecule has 1 saturated heterocycles. The minimum absolute atomic E-state index is 0.345. The van der Waals surface area contributed by atoms with E-state index in [2.05, 4.69) is 24.5 Å². The van der Waals surface area contributed by atoms with Crippen molar-refractivity contribution in [2.45, 2.75) is 64.1 Å². The van der Waals surface area contributed by atoms with Crippen LogP contribution in [-0.2, 0) is 6.42 Å². The molecule has 3 nitrogen and oxygen atoms in total. The Balaban J connectivity index is 1.66. The predicted octanol–water partition coefficient (Wildman–Crippen LogP) is 2.83. The van der Waals surface area contributed by atoms with Crippen molar-refractivity contribution in [3.63, 3.8) is 0 Å². The summed E-state index contributed by atoms with van der Waals surface area (Å²) < 4.78 is 0. The van der Waals surface area contributed by atoms with Gasteiger partial charge in [0.25, 0.3) is 0 Å². The maximum absolute atomic E-state index is 9.27. The van der Waals surface area contributed by atoms with Gasteiger partial charge in [-0.05, 0) is 70.2 Å². The summed E-state index contributed by atoms with van der Waals surface area (Å²) in [7, 11) is 0. The van der Waals surface area contributed by atoms with Gasteiger partial charge in [-0.2, -0.15) is 0 Å². The highest BCUT2D eigenvalue weighted by molar-refractivity contribution is 5.25. The summed E-state index contributed by atoms with van der Waals surface area (Å²) in [6, 6.07) is 9.35. The minimum Gasteiger partial charge on any atom is -0.508 e. The molecule has 0 spiro atoms. The van der Waals surface area contributed by atoms with Crippen molar-refractivity contribution in [2.24, 2.45) is 0 Å². The van der Waals surface area contributed by atoms with Crippen LogP contribution in [0.15, 0.2) is 24.3 Å². The molecular weight excluding hydrogens is 248 g/mol. The van der Waals surface area contributed by atoms with Crippen molar-refractivity contribution < 1.29 is 5.11 Å². The number of phenolic OH excluding ortho intramolecular Hbond substituents is 1. The lowest BCUT2D eigenvalue weighted by molar-refractivity contribution is 0.391. The summed E-state index contributed by atoms with van der Waals surface area (Å²) in [6.07, 6.45) is 6.07. The summed E-state index contributed by atoms with van der Waals surface area (Å²) in [5, 5.41) is 16.5. The Morgan fingerprint density at radius 3 is 2.65 bits per heavy atom. The van der Waals surface area contributed by atoms with Gasteiger partial charge >= 0.3 is 0 Å². The van der Waals surface area contributed by atoms with Crippen LogP contribution < -0.4 is 10.6 Å². The maximum atomic E-state index is 9.27. The Bertz CT molecular complexity index is 384. The van der Waals surface area contributed by atoms with Gasteiger partial charge in [-0.15, -0.1) is 0 Å². The van der Waals surface area contributed by atoms with Crippen LogP contribution in [0.2, 0.25) is 0 Å². The summed E-state index contributed by atoms with van der Waals surface area (Å²) >= 11 is 0. The van der Waals surface area contributed by atoms with Gasteiger partial charge in [-0.3, -0.25) is 0 Å². The summed E-state index contributed by atoms with van der Waals surface area (Å²) in [5.41, 5.74) is 1.29. The highest BCUT2D eigenvalue weighted by Gasteiger charge is 2.17. The average Bonchev–Trinajstić information content (AvgIpc) is 2.90. The molecular formula is C17H28N2O. The van der Waals surface area contributed by atoms with Crippen molar-refractivity contribution >= 4 is 0 Å². The molecule has 1 heterocycles. The molecule has 112 valence electrons. The van der Waals surface area contributed by atoms with Crippen molar-refractivity contribution in [1.82, 2.24) is 10.6 Å². The Labute approximate surface area is 122 Å². The molecule has 20 heavy (non-hydrogen) atoms. The first kappa shape index (κ1) is 15.3. The third-order valence-corrected chi connectivity index (χ3v) is 4.17. The van der Waals surface area contributed by atoms with E-state index in [0.717, 1.165) is 12.8 Å². The molecule has 0 radical (unpaired) electrons. The van der Waals surface area contributed by atoms with E-state index in [1.807, 2.05) is 12.1 Å². The number of hydrogen-bond donors (Lipinski definition) is 3. The Hall–Kier alpha value is -1.06. The van der Waals surface area contributed by atoms with Crippen LogP contribution in [0.1, 0.15) is 45.1 Å². The van der Waals surface area contributed by atoms with Crippen LogP contribution in [0.5, 0.6) is 5.75 Å². The zero-order valence-corrected chi connectivity index (χ0v) is 12.7. The number of nitrogens with one attached hydrogen (secondary N) is 2. The molecule has 0 bridgehead atoms. The minimum atomic E-state index is 0.345. The van der Waals surface area contributed by atoms with Gasteiger partial charge in [-0.1, -0.05) is 12.1 Å². The van der Waals surface area contributed by atoms with E-state index in [0.29, 0.717) is 23.9 Å². The fraction of sp³-hybridized carbons (Fsp3) is 0.647. The fourth-order valence-corrected chi connectivity index (χ4v) is 3.07. The quantitative estimate of drug-likeness (QED) is 0.717. The molecule has 1 fully saturated rings. The van der Waals surface area contributed by atoms with Gasteiger partial charge in [0.05, 0.1) is 0 Å². The smallest absolute Gasteiger partial charge is 0.115 e. The number of phenols is 1. The van der Waals surface area contributed by atoms with Gasteiger partial charge in [0.1, 0.15) is 5.75 Å². The van der Waals surface area contributed by atoms with E-state index in [4.69, 9.17) is 0 Å². The lowest BCUT2D eigenvalue weighted by Crippen LogP contribution is -2.38. The molecule has 0 aromatic heterocycles. The normalized spacial score (nSPS) is 21.8. The monoisotopic (exact) mass is 276 g/mol. The van der Waals surface area contributed by atoms with E-state index in [9.17, 15) is 5.11 Å². The van der Waals surface area contributed by atoms with Crippen LogP contribution in [-0.4, -0.2) is 29.8 Å². The van der Waals surface area contributed by atoms with Crippen LogP contribution in [0.25, 0.3) is 0 Å². The average molecular weight is 276 g/mol. The van der Waals surface area contributed by atoms with Gasteiger partial charge in [0.15, 0.2) is 0 Å².